The molecule has 36 heavy (non-hydrogen) atoms. The molecule has 1 amide bonds. The van der Waals surface area contributed by atoms with E-state index in [9.17, 15) is 22.0 Å². The van der Waals surface area contributed by atoms with Crippen LogP contribution in [0.25, 0.3) is 0 Å². The second-order valence-electron chi connectivity index (χ2n) is 8.78. The summed E-state index contributed by atoms with van der Waals surface area (Å²) >= 11 is 0. The van der Waals surface area contributed by atoms with Gasteiger partial charge < -0.3 is 9.64 Å². The first kappa shape index (κ1) is 25.8. The number of rotatable bonds is 4. The highest BCUT2D eigenvalue weighted by Gasteiger charge is 2.33. The van der Waals surface area contributed by atoms with Gasteiger partial charge in [-0.2, -0.15) is 4.31 Å². The van der Waals surface area contributed by atoms with E-state index in [-0.39, 0.29) is 24.0 Å². The second-order valence-corrected chi connectivity index (χ2v) is 10.7. The number of sulfonamides is 1. The van der Waals surface area contributed by atoms with Gasteiger partial charge >= 0.3 is 0 Å². The first-order chi connectivity index (χ1) is 17.3. The van der Waals surface area contributed by atoms with Crippen LogP contribution >= 0.6 is 0 Å². The molecule has 1 atom stereocenters. The van der Waals surface area contributed by atoms with E-state index in [0.717, 1.165) is 17.7 Å². The molecule has 0 fully saturated rings. The summed E-state index contributed by atoms with van der Waals surface area (Å²) in [5, 5.41) is 0. The van der Waals surface area contributed by atoms with Crippen molar-refractivity contribution in [1.29, 1.82) is 0 Å². The number of amides is 1. The Bertz CT molecular complexity index is 1320. The number of nitrogens with zero attached hydrogens (tertiary/aromatic N) is 2. The molecule has 0 bridgehead atoms. The van der Waals surface area contributed by atoms with E-state index >= 15 is 0 Å². The molecule has 0 aromatic heterocycles. The topological polar surface area (TPSA) is 66.9 Å². The maximum absolute atomic E-state index is 14.0. The third-order valence-corrected chi connectivity index (χ3v) is 8.18. The van der Waals surface area contributed by atoms with Crippen LogP contribution in [-0.2, 0) is 16.4 Å². The van der Waals surface area contributed by atoms with E-state index in [1.54, 1.807) is 36.2 Å². The van der Waals surface area contributed by atoms with Crippen molar-refractivity contribution < 1.29 is 26.7 Å². The lowest BCUT2D eigenvalue weighted by Gasteiger charge is -2.32. The van der Waals surface area contributed by atoms with E-state index in [4.69, 9.17) is 4.74 Å². The monoisotopic (exact) mass is 514 g/mol. The minimum Gasteiger partial charge on any atom is -0.491 e. The molecule has 0 unspecified atom stereocenters. The Morgan fingerprint density at radius 3 is 2.36 bits per heavy atom. The molecule has 1 aliphatic heterocycles. The number of ether oxygens (including phenoxy) is 1. The van der Waals surface area contributed by atoms with Gasteiger partial charge in [0.05, 0.1) is 16.5 Å². The minimum absolute atomic E-state index is 0.0359. The zero-order chi connectivity index (χ0) is 25.7. The van der Waals surface area contributed by atoms with Crippen LogP contribution in [0.4, 0.5) is 8.78 Å². The molecule has 9 heteroatoms. The van der Waals surface area contributed by atoms with E-state index in [2.05, 4.69) is 0 Å². The number of carbonyl (C=O) groups is 1. The van der Waals surface area contributed by atoms with Crippen LogP contribution in [0.5, 0.6) is 5.75 Å². The fourth-order valence-electron chi connectivity index (χ4n) is 4.28. The molecule has 0 saturated carbocycles. The maximum Gasteiger partial charge on any atom is 0.257 e. The van der Waals surface area contributed by atoms with Gasteiger partial charge in [-0.3, -0.25) is 4.79 Å². The highest BCUT2D eigenvalue weighted by atomic mass is 32.2. The Morgan fingerprint density at radius 2 is 1.61 bits per heavy atom. The molecule has 190 valence electrons. The van der Waals surface area contributed by atoms with Crippen LogP contribution in [0.3, 0.4) is 0 Å². The molecule has 1 aliphatic rings. The lowest BCUT2D eigenvalue weighted by molar-refractivity contribution is 0.0781. The third-order valence-electron chi connectivity index (χ3n) is 6.24. The van der Waals surface area contributed by atoms with E-state index < -0.39 is 27.7 Å². The predicted molar refractivity (Wildman–Crippen MR) is 132 cm³/mol. The average Bonchev–Trinajstić information content (AvgIpc) is 2.87. The zero-order valence-corrected chi connectivity index (χ0v) is 20.8. The number of hydrogen-bond donors (Lipinski definition) is 0. The lowest BCUT2D eigenvalue weighted by atomic mass is 10.1. The molecule has 4 rings (SSSR count). The van der Waals surface area contributed by atoms with Gasteiger partial charge in [0.25, 0.3) is 5.91 Å². The highest BCUT2D eigenvalue weighted by molar-refractivity contribution is 7.89. The summed E-state index contributed by atoms with van der Waals surface area (Å²) in [6, 6.07) is 18.2. The number of halogens is 2. The fraction of sp³-hybridized carbons (Fsp3) is 0.296. The van der Waals surface area contributed by atoms with Crippen LogP contribution in [-0.4, -0.2) is 56.3 Å². The van der Waals surface area contributed by atoms with Crippen molar-refractivity contribution in [3.8, 4) is 5.75 Å². The zero-order valence-electron chi connectivity index (χ0n) is 19.9. The van der Waals surface area contributed by atoms with Crippen molar-refractivity contribution in [3.63, 3.8) is 0 Å². The largest absolute Gasteiger partial charge is 0.491 e. The Morgan fingerprint density at radius 1 is 0.917 bits per heavy atom. The first-order valence-electron chi connectivity index (χ1n) is 11.8. The summed E-state index contributed by atoms with van der Waals surface area (Å²) in [6.45, 7) is 0.521. The normalized spacial score (nSPS) is 18.0. The Kier molecular flexibility index (Phi) is 8.01. The number of hydrogen-bond acceptors (Lipinski definition) is 4. The van der Waals surface area contributed by atoms with Crippen molar-refractivity contribution in [2.75, 3.05) is 26.7 Å². The van der Waals surface area contributed by atoms with E-state index in [0.29, 0.717) is 43.2 Å². The Balaban J connectivity index is 1.76. The number of carbonyl (C=O) groups excluding carboxylic acids is 1. The highest BCUT2D eigenvalue weighted by Crippen LogP contribution is 2.26. The van der Waals surface area contributed by atoms with Gasteiger partial charge in [-0.05, 0) is 55.2 Å². The summed E-state index contributed by atoms with van der Waals surface area (Å²) in [4.78, 5) is 14.2. The number of fused-ring (bicyclic) bond motifs is 1. The van der Waals surface area contributed by atoms with Crippen molar-refractivity contribution in [2.45, 2.75) is 30.2 Å². The SMILES string of the molecule is CN1CCCCN(S(=O)(=O)c2ccc(F)c(F)c2)[C@@H](Cc2ccccc2)COc2ccccc2C1=O. The van der Waals surface area contributed by atoms with Crippen LogP contribution in [0.15, 0.2) is 77.7 Å². The van der Waals surface area contributed by atoms with Crippen molar-refractivity contribution in [3.05, 3.63) is 95.6 Å². The predicted octanol–water partition coefficient (Wildman–Crippen LogP) is 4.51. The fourth-order valence-corrected chi connectivity index (χ4v) is 5.94. The average molecular weight is 515 g/mol. The molecule has 0 spiro atoms. The number of benzene rings is 3. The number of para-hydroxylation sites is 1. The second kappa shape index (κ2) is 11.2. The molecule has 0 aliphatic carbocycles. The summed E-state index contributed by atoms with van der Waals surface area (Å²) in [5.74, 6) is -2.15. The van der Waals surface area contributed by atoms with Gasteiger partial charge in [0.1, 0.15) is 12.4 Å². The van der Waals surface area contributed by atoms with Gasteiger partial charge in [0, 0.05) is 20.1 Å². The molecule has 3 aromatic rings. The molecule has 3 aromatic carbocycles. The lowest BCUT2D eigenvalue weighted by Crippen LogP contribution is -2.46. The van der Waals surface area contributed by atoms with Gasteiger partial charge in [-0.25, -0.2) is 17.2 Å². The summed E-state index contributed by atoms with van der Waals surface area (Å²) in [5.41, 5.74) is 1.29. The van der Waals surface area contributed by atoms with Gasteiger partial charge in [-0.15, -0.1) is 0 Å². The summed E-state index contributed by atoms with van der Waals surface area (Å²) < 4.78 is 62.5. The molecule has 0 N–H and O–H groups in total. The molecule has 6 nitrogen and oxygen atoms in total. The van der Waals surface area contributed by atoms with E-state index in [1.807, 2.05) is 30.3 Å². The minimum atomic E-state index is -4.19. The molecular formula is C27H28F2N2O4S. The van der Waals surface area contributed by atoms with Crippen LogP contribution in [0.1, 0.15) is 28.8 Å². The van der Waals surface area contributed by atoms with Gasteiger partial charge in [0.15, 0.2) is 11.6 Å². The van der Waals surface area contributed by atoms with E-state index in [1.165, 1.54) is 4.31 Å². The van der Waals surface area contributed by atoms with Crippen LogP contribution in [0, 0.1) is 11.6 Å². The summed E-state index contributed by atoms with van der Waals surface area (Å²) in [6.07, 6.45) is 1.36. The molecule has 0 saturated heterocycles. The van der Waals surface area contributed by atoms with Gasteiger partial charge in [-0.1, -0.05) is 42.5 Å². The quantitative estimate of drug-likeness (QED) is 0.514. The van der Waals surface area contributed by atoms with Crippen LogP contribution < -0.4 is 4.74 Å². The van der Waals surface area contributed by atoms with Crippen molar-refractivity contribution in [2.24, 2.45) is 0 Å². The van der Waals surface area contributed by atoms with Gasteiger partial charge in [0.2, 0.25) is 10.0 Å². The first-order valence-corrected chi connectivity index (χ1v) is 13.2. The standard InChI is InChI=1S/C27H28F2N2O4S/c1-30-15-7-8-16-31(36(33,34)22-13-14-24(28)25(29)18-22)21(17-20-9-3-2-4-10-20)19-35-26-12-6-5-11-23(26)27(30)32/h2-6,9-14,18,21H,7-8,15-17,19H2,1H3/t21-/m0/s1. The third kappa shape index (κ3) is 5.74. The van der Waals surface area contributed by atoms with Crippen LogP contribution in [0.2, 0.25) is 0 Å². The smallest absolute Gasteiger partial charge is 0.257 e. The maximum atomic E-state index is 14.0. The Labute approximate surface area is 210 Å². The Hall–Kier alpha value is -3.30. The van der Waals surface area contributed by atoms with Crippen molar-refractivity contribution >= 4 is 15.9 Å². The van der Waals surface area contributed by atoms with Crippen molar-refractivity contribution in [1.82, 2.24) is 9.21 Å². The molecular weight excluding hydrogens is 486 g/mol. The molecule has 1 heterocycles. The summed E-state index contributed by atoms with van der Waals surface area (Å²) in [7, 11) is -2.50. The molecule has 0 radical (unpaired) electrons.